The second-order valence-electron chi connectivity index (χ2n) is 7.23. The molecular weight excluding hydrogens is 300 g/mol. The van der Waals surface area contributed by atoms with Gasteiger partial charge in [-0.15, -0.1) is 0 Å². The number of carbonyl (C=O) groups is 1. The summed E-state index contributed by atoms with van der Waals surface area (Å²) in [5.74, 6) is 0.380. The second-order valence-corrected chi connectivity index (χ2v) is 7.23. The Labute approximate surface area is 145 Å². The fourth-order valence-electron chi connectivity index (χ4n) is 3.92. The lowest BCUT2D eigenvalue weighted by Crippen LogP contribution is -2.50. The molecule has 1 aromatic heterocycles. The number of hydrogen-bond donors (Lipinski definition) is 1. The standard InChI is InChI=1S/C19H30N4O/c1-22-13-8-18(9-14-22)23-12-4-5-16(15-23)19(24)21-11-7-17-6-2-3-10-20-17/h2-3,6,10,16,18H,4-5,7-9,11-15H2,1H3,(H,21,24)/t16-/m0/s1. The van der Waals surface area contributed by atoms with E-state index in [9.17, 15) is 4.79 Å². The molecule has 2 saturated heterocycles. The first kappa shape index (κ1) is 17.4. The van der Waals surface area contributed by atoms with Crippen LogP contribution in [0.25, 0.3) is 0 Å². The van der Waals surface area contributed by atoms with Crippen molar-refractivity contribution in [3.05, 3.63) is 30.1 Å². The maximum Gasteiger partial charge on any atom is 0.224 e. The topological polar surface area (TPSA) is 48.5 Å². The summed E-state index contributed by atoms with van der Waals surface area (Å²) in [5.41, 5.74) is 1.04. The molecule has 1 amide bonds. The smallest absolute Gasteiger partial charge is 0.224 e. The average Bonchev–Trinajstić information content (AvgIpc) is 2.63. The molecule has 0 spiro atoms. The molecule has 2 aliphatic rings. The van der Waals surface area contributed by atoms with E-state index in [4.69, 9.17) is 0 Å². The maximum atomic E-state index is 12.5. The third kappa shape index (κ3) is 4.77. The fourth-order valence-corrected chi connectivity index (χ4v) is 3.92. The Balaban J connectivity index is 1.43. The number of likely N-dealkylation sites (tertiary alicyclic amines) is 2. The summed E-state index contributed by atoms with van der Waals surface area (Å²) in [7, 11) is 2.20. The van der Waals surface area contributed by atoms with E-state index < -0.39 is 0 Å². The predicted molar refractivity (Wildman–Crippen MR) is 95.8 cm³/mol. The lowest BCUT2D eigenvalue weighted by molar-refractivity contribution is -0.127. The first-order valence-electron chi connectivity index (χ1n) is 9.32. The van der Waals surface area contributed by atoms with Crippen molar-refractivity contribution in [1.29, 1.82) is 0 Å². The first-order chi connectivity index (χ1) is 11.7. The van der Waals surface area contributed by atoms with Gasteiger partial charge in [-0.2, -0.15) is 0 Å². The highest BCUT2D eigenvalue weighted by Crippen LogP contribution is 2.23. The minimum atomic E-state index is 0.155. The van der Waals surface area contributed by atoms with E-state index in [2.05, 4.69) is 27.1 Å². The van der Waals surface area contributed by atoms with Gasteiger partial charge >= 0.3 is 0 Å². The molecule has 0 unspecified atom stereocenters. The van der Waals surface area contributed by atoms with Crippen LogP contribution in [0.1, 0.15) is 31.4 Å². The van der Waals surface area contributed by atoms with Crippen LogP contribution in [0.2, 0.25) is 0 Å². The maximum absolute atomic E-state index is 12.5. The highest BCUT2D eigenvalue weighted by atomic mass is 16.1. The van der Waals surface area contributed by atoms with E-state index >= 15 is 0 Å². The highest BCUT2D eigenvalue weighted by molar-refractivity contribution is 5.78. The summed E-state index contributed by atoms with van der Waals surface area (Å²) in [6.45, 7) is 5.14. The third-order valence-electron chi connectivity index (χ3n) is 5.43. The third-order valence-corrected chi connectivity index (χ3v) is 5.43. The van der Waals surface area contributed by atoms with Crippen molar-refractivity contribution >= 4 is 5.91 Å². The number of nitrogens with zero attached hydrogens (tertiary/aromatic N) is 3. The summed E-state index contributed by atoms with van der Waals surface area (Å²) in [4.78, 5) is 21.8. The molecule has 0 aromatic carbocycles. The van der Waals surface area contributed by atoms with Crippen molar-refractivity contribution in [2.24, 2.45) is 5.92 Å². The van der Waals surface area contributed by atoms with Gasteiger partial charge in [0.2, 0.25) is 5.91 Å². The zero-order valence-electron chi connectivity index (χ0n) is 14.8. The molecule has 1 N–H and O–H groups in total. The van der Waals surface area contributed by atoms with E-state index in [0.717, 1.165) is 38.0 Å². The number of hydrogen-bond acceptors (Lipinski definition) is 4. The molecule has 3 heterocycles. The van der Waals surface area contributed by atoms with Crippen LogP contribution >= 0.6 is 0 Å². The van der Waals surface area contributed by atoms with Crippen LogP contribution in [0, 0.1) is 5.92 Å². The van der Waals surface area contributed by atoms with Crippen molar-refractivity contribution in [2.75, 3.05) is 39.8 Å². The van der Waals surface area contributed by atoms with Crippen LogP contribution in [0.5, 0.6) is 0 Å². The van der Waals surface area contributed by atoms with Crippen molar-refractivity contribution < 1.29 is 4.79 Å². The number of nitrogens with one attached hydrogen (secondary N) is 1. The number of aromatic nitrogens is 1. The Morgan fingerprint density at radius 2 is 2.08 bits per heavy atom. The molecule has 132 valence electrons. The van der Waals surface area contributed by atoms with Gasteiger partial charge in [0.05, 0.1) is 5.92 Å². The molecule has 2 fully saturated rings. The molecule has 24 heavy (non-hydrogen) atoms. The van der Waals surface area contributed by atoms with Crippen LogP contribution in [-0.4, -0.2) is 66.5 Å². The Kier molecular flexibility index (Phi) is 6.21. The summed E-state index contributed by atoms with van der Waals surface area (Å²) < 4.78 is 0. The van der Waals surface area contributed by atoms with Crippen LogP contribution in [-0.2, 0) is 11.2 Å². The number of rotatable bonds is 5. The van der Waals surface area contributed by atoms with Gasteiger partial charge < -0.3 is 10.2 Å². The first-order valence-corrected chi connectivity index (χ1v) is 9.32. The van der Waals surface area contributed by atoms with Crippen LogP contribution in [0.4, 0.5) is 0 Å². The summed E-state index contributed by atoms with van der Waals surface area (Å²) in [5, 5.41) is 3.12. The number of amides is 1. The number of pyridine rings is 1. The molecule has 1 atom stereocenters. The molecule has 3 rings (SSSR count). The molecule has 0 aliphatic carbocycles. The molecule has 1 aromatic rings. The lowest BCUT2D eigenvalue weighted by Gasteiger charge is -2.41. The van der Waals surface area contributed by atoms with Crippen LogP contribution in [0.15, 0.2) is 24.4 Å². The number of carbonyl (C=O) groups excluding carboxylic acids is 1. The SMILES string of the molecule is CN1CCC(N2CCC[C@H](C(=O)NCCc3ccccn3)C2)CC1. The van der Waals surface area contributed by atoms with Gasteiger partial charge in [0, 0.05) is 37.4 Å². The van der Waals surface area contributed by atoms with Crippen molar-refractivity contribution in [3.63, 3.8) is 0 Å². The zero-order valence-corrected chi connectivity index (χ0v) is 14.8. The molecule has 0 bridgehead atoms. The number of piperidine rings is 2. The molecule has 5 nitrogen and oxygen atoms in total. The van der Waals surface area contributed by atoms with Gasteiger partial charge in [0.25, 0.3) is 0 Å². The Morgan fingerprint density at radius 1 is 1.25 bits per heavy atom. The minimum absolute atomic E-state index is 0.155. The van der Waals surface area contributed by atoms with Gasteiger partial charge in [0.1, 0.15) is 0 Å². The van der Waals surface area contributed by atoms with Crippen LogP contribution in [0.3, 0.4) is 0 Å². The van der Waals surface area contributed by atoms with E-state index in [0.29, 0.717) is 12.6 Å². The predicted octanol–water partition coefficient (Wildman–Crippen LogP) is 1.55. The van der Waals surface area contributed by atoms with E-state index in [1.54, 1.807) is 6.20 Å². The van der Waals surface area contributed by atoms with E-state index in [-0.39, 0.29) is 11.8 Å². The average molecular weight is 330 g/mol. The molecule has 2 aliphatic heterocycles. The minimum Gasteiger partial charge on any atom is -0.355 e. The molecule has 5 heteroatoms. The molecule has 0 saturated carbocycles. The quantitative estimate of drug-likeness (QED) is 0.890. The van der Waals surface area contributed by atoms with E-state index in [1.165, 1.54) is 25.9 Å². The monoisotopic (exact) mass is 330 g/mol. The summed E-state index contributed by atoms with van der Waals surface area (Å²) in [6, 6.07) is 6.59. The van der Waals surface area contributed by atoms with Crippen molar-refractivity contribution in [2.45, 2.75) is 38.1 Å². The largest absolute Gasteiger partial charge is 0.355 e. The molecular formula is C19H30N4O. The van der Waals surface area contributed by atoms with Gasteiger partial charge in [0.15, 0.2) is 0 Å². The summed E-state index contributed by atoms with van der Waals surface area (Å²) in [6.07, 6.45) is 7.26. The Morgan fingerprint density at radius 3 is 2.83 bits per heavy atom. The van der Waals surface area contributed by atoms with Gasteiger partial charge in [-0.25, -0.2) is 0 Å². The van der Waals surface area contributed by atoms with Crippen LogP contribution < -0.4 is 5.32 Å². The van der Waals surface area contributed by atoms with Gasteiger partial charge in [-0.3, -0.25) is 14.7 Å². The molecule has 0 radical (unpaired) electrons. The van der Waals surface area contributed by atoms with Crippen molar-refractivity contribution in [3.8, 4) is 0 Å². The Bertz CT molecular complexity index is 513. The van der Waals surface area contributed by atoms with E-state index in [1.807, 2.05) is 18.2 Å². The summed E-state index contributed by atoms with van der Waals surface area (Å²) >= 11 is 0. The second kappa shape index (κ2) is 8.58. The van der Waals surface area contributed by atoms with Gasteiger partial charge in [-0.05, 0) is 64.5 Å². The Hall–Kier alpha value is -1.46. The highest BCUT2D eigenvalue weighted by Gasteiger charge is 2.30. The fraction of sp³-hybridized carbons (Fsp3) is 0.684. The normalized spacial score (nSPS) is 24.0. The van der Waals surface area contributed by atoms with Crippen molar-refractivity contribution in [1.82, 2.24) is 20.1 Å². The lowest BCUT2D eigenvalue weighted by atomic mass is 9.93. The van der Waals surface area contributed by atoms with Gasteiger partial charge in [-0.1, -0.05) is 6.07 Å². The zero-order chi connectivity index (χ0) is 16.8.